The first-order valence-electron chi connectivity index (χ1n) is 9.61. The summed E-state index contributed by atoms with van der Waals surface area (Å²) in [6, 6.07) is 16.8. The predicted octanol–water partition coefficient (Wildman–Crippen LogP) is 3.49. The number of anilines is 1. The van der Waals surface area contributed by atoms with Crippen LogP contribution in [0, 0.1) is 5.92 Å². The molecule has 0 amide bonds. The van der Waals surface area contributed by atoms with Crippen molar-refractivity contribution >= 4 is 11.7 Å². The van der Waals surface area contributed by atoms with Crippen LogP contribution in [0.2, 0.25) is 0 Å². The Morgan fingerprint density at radius 1 is 1.11 bits per heavy atom. The Bertz CT molecular complexity index is 772. The van der Waals surface area contributed by atoms with Gasteiger partial charge in [-0.2, -0.15) is 0 Å². The van der Waals surface area contributed by atoms with Crippen molar-refractivity contribution < 1.29 is 14.3 Å². The van der Waals surface area contributed by atoms with Crippen LogP contribution in [0.4, 0.5) is 5.69 Å². The van der Waals surface area contributed by atoms with Crippen LogP contribution in [0.3, 0.4) is 0 Å². The minimum atomic E-state index is -0.547. The smallest absolute Gasteiger partial charge is 0.333 e. The van der Waals surface area contributed by atoms with Gasteiger partial charge in [0, 0.05) is 18.3 Å². The summed E-state index contributed by atoms with van der Waals surface area (Å²) in [4.78, 5) is 15.5. The third kappa shape index (κ3) is 4.08. The van der Waals surface area contributed by atoms with E-state index >= 15 is 0 Å². The molecular formula is C22H26N2O3. The monoisotopic (exact) mass is 366 g/mol. The number of carbonyl (C=O) groups is 1. The van der Waals surface area contributed by atoms with E-state index in [1.54, 1.807) is 7.11 Å². The van der Waals surface area contributed by atoms with Crippen molar-refractivity contribution in [1.29, 1.82) is 0 Å². The lowest BCUT2D eigenvalue weighted by Crippen LogP contribution is -2.52. The van der Waals surface area contributed by atoms with E-state index in [-0.39, 0.29) is 12.1 Å². The van der Waals surface area contributed by atoms with Crippen molar-refractivity contribution in [2.75, 3.05) is 32.1 Å². The lowest BCUT2D eigenvalue weighted by atomic mass is 9.86. The Morgan fingerprint density at radius 2 is 1.89 bits per heavy atom. The molecule has 5 nitrogen and oxygen atoms in total. The summed E-state index contributed by atoms with van der Waals surface area (Å²) in [6.07, 6.45) is 2.24. The Kier molecular flexibility index (Phi) is 5.30. The zero-order chi connectivity index (χ0) is 18.6. The van der Waals surface area contributed by atoms with Gasteiger partial charge in [-0.15, -0.1) is 0 Å². The molecule has 2 aromatic rings. The van der Waals surface area contributed by atoms with Gasteiger partial charge in [-0.05, 0) is 49.5 Å². The second-order valence-corrected chi connectivity index (χ2v) is 7.33. The maximum Gasteiger partial charge on any atom is 0.333 e. The molecule has 5 rings (SSSR count). The summed E-state index contributed by atoms with van der Waals surface area (Å²) in [5, 5.41) is 3.34. The molecule has 1 N–H and O–H groups in total. The molecule has 27 heavy (non-hydrogen) atoms. The van der Waals surface area contributed by atoms with Gasteiger partial charge in [-0.1, -0.05) is 36.4 Å². The maximum atomic E-state index is 13.1. The van der Waals surface area contributed by atoms with E-state index in [0.717, 1.165) is 49.5 Å². The van der Waals surface area contributed by atoms with E-state index in [0.29, 0.717) is 5.92 Å². The highest BCUT2D eigenvalue weighted by Gasteiger charge is 2.37. The van der Waals surface area contributed by atoms with E-state index in [2.05, 4.69) is 10.2 Å². The minimum Gasteiger partial charge on any atom is -0.497 e. The van der Waals surface area contributed by atoms with Gasteiger partial charge in [-0.3, -0.25) is 4.90 Å². The summed E-state index contributed by atoms with van der Waals surface area (Å²) in [7, 11) is 1.63. The molecule has 3 aliphatic heterocycles. The fourth-order valence-corrected chi connectivity index (χ4v) is 4.06. The van der Waals surface area contributed by atoms with Crippen LogP contribution in [-0.4, -0.2) is 43.7 Å². The normalized spacial score (nSPS) is 24.9. The van der Waals surface area contributed by atoms with E-state index in [1.807, 2.05) is 54.6 Å². The molecule has 1 unspecified atom stereocenters. The predicted molar refractivity (Wildman–Crippen MR) is 105 cm³/mol. The number of rotatable bonds is 6. The number of fused-ring (bicyclic) bond motifs is 3. The van der Waals surface area contributed by atoms with Crippen LogP contribution in [0.5, 0.6) is 5.75 Å². The average molecular weight is 366 g/mol. The quantitative estimate of drug-likeness (QED) is 0.793. The molecule has 0 radical (unpaired) electrons. The van der Waals surface area contributed by atoms with Crippen molar-refractivity contribution in [2.45, 2.75) is 25.0 Å². The molecule has 3 aliphatic rings. The fraction of sp³-hybridized carbons (Fsp3) is 0.409. The van der Waals surface area contributed by atoms with Crippen molar-refractivity contribution in [1.82, 2.24) is 4.90 Å². The van der Waals surface area contributed by atoms with Gasteiger partial charge in [0.2, 0.25) is 0 Å². The molecule has 0 aliphatic carbocycles. The Hall–Kier alpha value is -2.53. The fourth-order valence-electron chi connectivity index (χ4n) is 4.06. The van der Waals surface area contributed by atoms with Crippen LogP contribution in [0.1, 0.15) is 24.4 Å². The van der Waals surface area contributed by atoms with Gasteiger partial charge >= 0.3 is 5.97 Å². The Balaban J connectivity index is 1.53. The summed E-state index contributed by atoms with van der Waals surface area (Å²) in [5.41, 5.74) is 1.72. The largest absolute Gasteiger partial charge is 0.497 e. The molecule has 5 heteroatoms. The van der Waals surface area contributed by atoms with E-state index < -0.39 is 6.04 Å². The number of benzene rings is 2. The standard InChI is InChI=1S/C22H26N2O3/c1-26-19-9-5-8-18(14-19)23-21(17-6-3-2-4-7-17)22(25)27-20-15-24-12-10-16(20)11-13-24/h2-9,14,16,20-21,23H,10-13,15H2,1H3/t20?,21-/m1/s1. The molecule has 0 saturated carbocycles. The molecule has 3 fully saturated rings. The number of hydrogen-bond acceptors (Lipinski definition) is 5. The first-order valence-corrected chi connectivity index (χ1v) is 9.61. The summed E-state index contributed by atoms with van der Waals surface area (Å²) in [5.74, 6) is 1.02. The molecule has 0 aromatic heterocycles. The number of hydrogen-bond donors (Lipinski definition) is 1. The molecule has 3 saturated heterocycles. The number of esters is 1. The van der Waals surface area contributed by atoms with Gasteiger partial charge in [0.05, 0.1) is 7.11 Å². The van der Waals surface area contributed by atoms with E-state index in [4.69, 9.17) is 9.47 Å². The number of carbonyl (C=O) groups excluding carboxylic acids is 1. The third-order valence-corrected chi connectivity index (χ3v) is 5.61. The molecule has 0 spiro atoms. The highest BCUT2D eigenvalue weighted by molar-refractivity contribution is 5.81. The van der Waals surface area contributed by atoms with Crippen LogP contribution in [0.25, 0.3) is 0 Å². The lowest BCUT2D eigenvalue weighted by Gasteiger charge is -2.44. The van der Waals surface area contributed by atoms with E-state index in [9.17, 15) is 4.79 Å². The lowest BCUT2D eigenvalue weighted by molar-refractivity contribution is -0.159. The Labute approximate surface area is 160 Å². The number of nitrogens with zero attached hydrogens (tertiary/aromatic N) is 1. The molecule has 2 bridgehead atoms. The number of nitrogens with one attached hydrogen (secondary N) is 1. The van der Waals surface area contributed by atoms with Crippen LogP contribution < -0.4 is 10.1 Å². The van der Waals surface area contributed by atoms with Gasteiger partial charge < -0.3 is 14.8 Å². The average Bonchev–Trinajstić information content (AvgIpc) is 2.73. The van der Waals surface area contributed by atoms with Gasteiger partial charge in [-0.25, -0.2) is 4.79 Å². The number of methoxy groups -OCH3 is 1. The summed E-state index contributed by atoms with van der Waals surface area (Å²) in [6.45, 7) is 3.11. The van der Waals surface area contributed by atoms with Gasteiger partial charge in [0.15, 0.2) is 6.04 Å². The second kappa shape index (κ2) is 8.01. The Morgan fingerprint density at radius 3 is 2.56 bits per heavy atom. The SMILES string of the molecule is COc1cccc(N[C@@H](C(=O)OC2CN3CCC2CC3)c2ccccc2)c1. The van der Waals surface area contributed by atoms with Gasteiger partial charge in [0.25, 0.3) is 0 Å². The van der Waals surface area contributed by atoms with Crippen molar-refractivity contribution in [2.24, 2.45) is 5.92 Å². The first kappa shape index (κ1) is 17.9. The zero-order valence-electron chi connectivity index (χ0n) is 15.6. The number of piperidine rings is 3. The molecular weight excluding hydrogens is 340 g/mol. The van der Waals surface area contributed by atoms with E-state index in [1.165, 1.54) is 0 Å². The molecule has 142 valence electrons. The number of ether oxygens (including phenoxy) is 2. The second-order valence-electron chi connectivity index (χ2n) is 7.33. The summed E-state index contributed by atoms with van der Waals surface area (Å²) >= 11 is 0. The van der Waals surface area contributed by atoms with Crippen LogP contribution >= 0.6 is 0 Å². The highest BCUT2D eigenvalue weighted by Crippen LogP contribution is 2.31. The maximum absolute atomic E-state index is 13.1. The third-order valence-electron chi connectivity index (χ3n) is 5.61. The van der Waals surface area contributed by atoms with Crippen LogP contribution in [0.15, 0.2) is 54.6 Å². The topological polar surface area (TPSA) is 50.8 Å². The van der Waals surface area contributed by atoms with Crippen molar-refractivity contribution in [3.63, 3.8) is 0 Å². The first-order chi connectivity index (χ1) is 13.2. The minimum absolute atomic E-state index is 0.00155. The van der Waals surface area contributed by atoms with Gasteiger partial charge in [0.1, 0.15) is 11.9 Å². The van der Waals surface area contributed by atoms with Crippen molar-refractivity contribution in [3.05, 3.63) is 60.2 Å². The van der Waals surface area contributed by atoms with Crippen molar-refractivity contribution in [3.8, 4) is 5.75 Å². The molecule has 3 heterocycles. The molecule has 2 aromatic carbocycles. The highest BCUT2D eigenvalue weighted by atomic mass is 16.5. The zero-order valence-corrected chi connectivity index (χ0v) is 15.6. The van der Waals surface area contributed by atoms with Crippen LogP contribution in [-0.2, 0) is 9.53 Å². The molecule has 2 atom stereocenters. The summed E-state index contributed by atoms with van der Waals surface area (Å²) < 4.78 is 11.3.